The number of pyridine rings is 1. The van der Waals surface area contributed by atoms with E-state index < -0.39 is 6.23 Å². The maximum absolute atomic E-state index is 12.3. The van der Waals surface area contributed by atoms with Crippen molar-refractivity contribution >= 4 is 5.69 Å². The van der Waals surface area contributed by atoms with Gasteiger partial charge in [-0.05, 0) is 76.3 Å². The van der Waals surface area contributed by atoms with E-state index in [0.717, 1.165) is 60.5 Å². The quantitative estimate of drug-likeness (QED) is 0.607. The van der Waals surface area contributed by atoms with Crippen LogP contribution in [0.3, 0.4) is 0 Å². The number of aromatic nitrogens is 1. The van der Waals surface area contributed by atoms with Crippen molar-refractivity contribution in [1.82, 2.24) is 10.3 Å². The van der Waals surface area contributed by atoms with Gasteiger partial charge < -0.3 is 19.7 Å². The van der Waals surface area contributed by atoms with Crippen molar-refractivity contribution in [3.8, 4) is 0 Å². The first-order chi connectivity index (χ1) is 14.3. The van der Waals surface area contributed by atoms with Crippen molar-refractivity contribution < 1.29 is 9.84 Å². The molecular formula is C24H35N3O3. The van der Waals surface area contributed by atoms with Crippen LogP contribution in [0, 0.1) is 27.7 Å². The van der Waals surface area contributed by atoms with Gasteiger partial charge in [-0.2, -0.15) is 0 Å². The molecule has 0 aliphatic carbocycles. The van der Waals surface area contributed by atoms with E-state index in [2.05, 4.69) is 42.0 Å². The number of nitrogens with one attached hydrogen (secondary N) is 2. The Morgan fingerprint density at radius 3 is 2.53 bits per heavy atom. The number of benzene rings is 1. The molecule has 3 rings (SSSR count). The number of H-pyrrole nitrogens is 1. The molecule has 0 saturated carbocycles. The molecule has 164 valence electrons. The van der Waals surface area contributed by atoms with Gasteiger partial charge in [0, 0.05) is 54.9 Å². The number of anilines is 1. The summed E-state index contributed by atoms with van der Waals surface area (Å²) in [6, 6.07) is 6.64. The summed E-state index contributed by atoms with van der Waals surface area (Å²) in [5, 5.41) is 14.1. The minimum Gasteiger partial charge on any atom is -0.381 e. The smallest absolute Gasteiger partial charge is 0.252 e. The number of rotatable bonds is 7. The van der Waals surface area contributed by atoms with Crippen LogP contribution in [0.5, 0.6) is 0 Å². The SMILES string of the molecule is CCN(c1cc(C)cc(C(O)NCc2c(C)cc(C)[nH]c2=O)c1C)C1CCOCC1. The van der Waals surface area contributed by atoms with Gasteiger partial charge in [-0.25, -0.2) is 0 Å². The highest BCUT2D eigenvalue weighted by Crippen LogP contribution is 2.31. The van der Waals surface area contributed by atoms with E-state index in [1.54, 1.807) is 0 Å². The molecule has 1 saturated heterocycles. The van der Waals surface area contributed by atoms with Crippen LogP contribution in [-0.2, 0) is 11.3 Å². The molecule has 2 aromatic rings. The molecule has 0 radical (unpaired) electrons. The second-order valence-electron chi connectivity index (χ2n) is 8.35. The zero-order valence-electron chi connectivity index (χ0n) is 18.8. The average Bonchev–Trinajstić information content (AvgIpc) is 2.70. The zero-order chi connectivity index (χ0) is 21.8. The van der Waals surface area contributed by atoms with Crippen LogP contribution in [0.1, 0.15) is 59.5 Å². The van der Waals surface area contributed by atoms with Crippen molar-refractivity contribution in [2.75, 3.05) is 24.7 Å². The molecule has 1 atom stereocenters. The standard InChI is InChI=1S/C24H35N3O3/c1-6-27(19-7-9-30-10-8-19)22-12-15(2)11-20(18(22)5)23(28)25-14-21-16(3)13-17(4)26-24(21)29/h11-13,19,23,25,28H,6-10,14H2,1-5H3,(H,26,29). The molecule has 1 aliphatic heterocycles. The predicted molar refractivity (Wildman–Crippen MR) is 121 cm³/mol. The van der Waals surface area contributed by atoms with Crippen molar-refractivity contribution in [2.45, 2.75) is 66.3 Å². The Morgan fingerprint density at radius 1 is 1.20 bits per heavy atom. The lowest BCUT2D eigenvalue weighted by molar-refractivity contribution is 0.0846. The van der Waals surface area contributed by atoms with Crippen molar-refractivity contribution in [2.24, 2.45) is 0 Å². The molecule has 1 fully saturated rings. The third-order valence-corrected chi connectivity index (χ3v) is 6.11. The molecule has 0 amide bonds. The molecule has 3 N–H and O–H groups in total. The number of aryl methyl sites for hydroxylation is 3. The number of ether oxygens (including phenoxy) is 1. The normalized spacial score (nSPS) is 15.9. The fourth-order valence-corrected chi connectivity index (χ4v) is 4.48. The van der Waals surface area contributed by atoms with Gasteiger partial charge in [0.25, 0.3) is 5.56 Å². The zero-order valence-corrected chi connectivity index (χ0v) is 18.8. The molecule has 6 heteroatoms. The Labute approximate surface area is 179 Å². The molecule has 30 heavy (non-hydrogen) atoms. The Balaban J connectivity index is 1.84. The molecular weight excluding hydrogens is 378 g/mol. The summed E-state index contributed by atoms with van der Waals surface area (Å²) >= 11 is 0. The monoisotopic (exact) mass is 413 g/mol. The molecule has 6 nitrogen and oxygen atoms in total. The summed E-state index contributed by atoms with van der Waals surface area (Å²) in [7, 11) is 0. The summed E-state index contributed by atoms with van der Waals surface area (Å²) in [5.74, 6) is 0. The second kappa shape index (κ2) is 9.77. The van der Waals surface area contributed by atoms with E-state index in [0.29, 0.717) is 18.2 Å². The van der Waals surface area contributed by atoms with Crippen LogP contribution in [0.2, 0.25) is 0 Å². The predicted octanol–water partition coefficient (Wildman–Crippen LogP) is 3.39. The molecule has 1 unspecified atom stereocenters. The largest absolute Gasteiger partial charge is 0.381 e. The Bertz CT molecular complexity index is 932. The lowest BCUT2D eigenvalue weighted by Gasteiger charge is -2.37. The minimum atomic E-state index is -0.850. The summed E-state index contributed by atoms with van der Waals surface area (Å²) in [4.78, 5) is 17.6. The number of hydrogen-bond acceptors (Lipinski definition) is 5. The van der Waals surface area contributed by atoms with Crippen LogP contribution in [0.4, 0.5) is 5.69 Å². The first-order valence-electron chi connectivity index (χ1n) is 10.9. The highest BCUT2D eigenvalue weighted by atomic mass is 16.5. The van der Waals surface area contributed by atoms with E-state index in [4.69, 9.17) is 4.74 Å². The third-order valence-electron chi connectivity index (χ3n) is 6.11. The highest BCUT2D eigenvalue weighted by molar-refractivity contribution is 5.59. The van der Waals surface area contributed by atoms with Gasteiger partial charge in [0.1, 0.15) is 6.23 Å². The van der Waals surface area contributed by atoms with Gasteiger partial charge in [-0.1, -0.05) is 6.07 Å². The van der Waals surface area contributed by atoms with E-state index >= 15 is 0 Å². The van der Waals surface area contributed by atoms with Gasteiger partial charge in [-0.3, -0.25) is 10.1 Å². The molecule has 1 aromatic carbocycles. The summed E-state index contributed by atoms with van der Waals surface area (Å²) < 4.78 is 5.54. The lowest BCUT2D eigenvalue weighted by Crippen LogP contribution is -2.40. The summed E-state index contributed by atoms with van der Waals surface area (Å²) in [5.41, 5.74) is 6.53. The van der Waals surface area contributed by atoms with E-state index in [1.165, 1.54) is 5.69 Å². The minimum absolute atomic E-state index is 0.106. The number of nitrogens with zero attached hydrogens (tertiary/aromatic N) is 1. The molecule has 0 bridgehead atoms. The maximum atomic E-state index is 12.3. The Hall–Kier alpha value is -2.15. The van der Waals surface area contributed by atoms with Crippen LogP contribution in [0.25, 0.3) is 0 Å². The molecule has 1 aliphatic rings. The fraction of sp³-hybridized carbons (Fsp3) is 0.542. The van der Waals surface area contributed by atoms with Gasteiger partial charge in [0.2, 0.25) is 0 Å². The molecule has 1 aromatic heterocycles. The average molecular weight is 414 g/mol. The Kier molecular flexibility index (Phi) is 7.34. The van der Waals surface area contributed by atoms with E-state index in [1.807, 2.05) is 26.0 Å². The van der Waals surface area contributed by atoms with Crippen molar-refractivity contribution in [3.05, 3.63) is 62.1 Å². The topological polar surface area (TPSA) is 77.6 Å². The first-order valence-corrected chi connectivity index (χ1v) is 10.9. The van der Waals surface area contributed by atoms with Crippen molar-refractivity contribution in [3.63, 3.8) is 0 Å². The van der Waals surface area contributed by atoms with Gasteiger partial charge >= 0.3 is 0 Å². The van der Waals surface area contributed by atoms with Crippen LogP contribution >= 0.6 is 0 Å². The second-order valence-corrected chi connectivity index (χ2v) is 8.35. The van der Waals surface area contributed by atoms with E-state index in [9.17, 15) is 9.90 Å². The van der Waals surface area contributed by atoms with E-state index in [-0.39, 0.29) is 5.56 Å². The number of aromatic amines is 1. The Morgan fingerprint density at radius 2 is 1.90 bits per heavy atom. The van der Waals surface area contributed by atoms with Gasteiger partial charge in [-0.15, -0.1) is 0 Å². The van der Waals surface area contributed by atoms with Crippen molar-refractivity contribution in [1.29, 1.82) is 0 Å². The first kappa shape index (κ1) is 22.5. The summed E-state index contributed by atoms with van der Waals surface area (Å²) in [6.45, 7) is 12.9. The summed E-state index contributed by atoms with van der Waals surface area (Å²) in [6.07, 6.45) is 1.19. The van der Waals surface area contributed by atoms with Crippen LogP contribution in [0.15, 0.2) is 23.0 Å². The maximum Gasteiger partial charge on any atom is 0.252 e. The van der Waals surface area contributed by atoms with Crippen LogP contribution in [-0.4, -0.2) is 35.9 Å². The number of aliphatic hydroxyl groups excluding tert-OH is 1. The number of hydrogen-bond donors (Lipinski definition) is 3. The third kappa shape index (κ3) is 4.94. The fourth-order valence-electron chi connectivity index (χ4n) is 4.48. The van der Waals surface area contributed by atoms with Gasteiger partial charge in [0.15, 0.2) is 0 Å². The number of aliphatic hydroxyl groups is 1. The van der Waals surface area contributed by atoms with Gasteiger partial charge in [0.05, 0.1) is 0 Å². The molecule has 2 heterocycles. The highest BCUT2D eigenvalue weighted by Gasteiger charge is 2.24. The molecule has 0 spiro atoms. The lowest BCUT2D eigenvalue weighted by atomic mass is 9.98. The van der Waals surface area contributed by atoms with Crippen LogP contribution < -0.4 is 15.8 Å².